The first-order chi connectivity index (χ1) is 10.7. The Bertz CT molecular complexity index is 786. The molecule has 4 heteroatoms. The maximum absolute atomic E-state index is 11.2. The van der Waals surface area contributed by atoms with E-state index in [-0.39, 0.29) is 0 Å². The lowest BCUT2D eigenvalue weighted by Gasteiger charge is -2.09. The van der Waals surface area contributed by atoms with Crippen molar-refractivity contribution in [1.29, 1.82) is 0 Å². The second-order valence-electron chi connectivity index (χ2n) is 4.73. The molecule has 0 aliphatic heterocycles. The number of pyridine rings is 1. The zero-order valence-electron chi connectivity index (χ0n) is 11.8. The molecule has 1 aromatic heterocycles. The number of hydrogen-bond acceptors (Lipinski definition) is 3. The third kappa shape index (κ3) is 3.18. The minimum Gasteiger partial charge on any atom is -0.366 e. The van der Waals surface area contributed by atoms with Crippen LogP contribution in [0.25, 0.3) is 11.1 Å². The van der Waals surface area contributed by atoms with Crippen LogP contribution in [0.2, 0.25) is 0 Å². The zero-order chi connectivity index (χ0) is 15.4. The minimum atomic E-state index is -0.417. The van der Waals surface area contributed by atoms with Crippen molar-refractivity contribution in [2.75, 3.05) is 0 Å². The fourth-order valence-corrected chi connectivity index (χ4v) is 3.09. The number of rotatable bonds is 4. The van der Waals surface area contributed by atoms with E-state index in [0.717, 1.165) is 20.9 Å². The summed E-state index contributed by atoms with van der Waals surface area (Å²) >= 11 is 1.67. The van der Waals surface area contributed by atoms with Crippen LogP contribution in [-0.4, -0.2) is 10.9 Å². The van der Waals surface area contributed by atoms with Gasteiger partial charge in [-0.2, -0.15) is 0 Å². The smallest absolute Gasteiger partial charge is 0.248 e. The second-order valence-corrected chi connectivity index (χ2v) is 5.84. The van der Waals surface area contributed by atoms with Crippen LogP contribution >= 0.6 is 11.8 Å². The number of hydrogen-bond donors (Lipinski definition) is 1. The Kier molecular flexibility index (Phi) is 4.21. The van der Waals surface area contributed by atoms with Gasteiger partial charge in [0.2, 0.25) is 5.91 Å². The summed E-state index contributed by atoms with van der Waals surface area (Å²) < 4.78 is 0. The number of carbonyl (C=O) groups is 1. The standard InChI is InChI=1S/C18H14N2OS/c19-18(21)14-8-6-13(7-9-14)16-10-11-20-12-17(16)22-15-4-2-1-3-5-15/h1-12H,(H2,19,21). The van der Waals surface area contributed by atoms with Gasteiger partial charge in [0, 0.05) is 27.7 Å². The second kappa shape index (κ2) is 6.45. The summed E-state index contributed by atoms with van der Waals surface area (Å²) in [4.78, 5) is 17.6. The normalized spacial score (nSPS) is 10.4. The Labute approximate surface area is 133 Å². The number of aromatic nitrogens is 1. The molecule has 0 unspecified atom stereocenters. The van der Waals surface area contributed by atoms with E-state index in [1.54, 1.807) is 30.1 Å². The summed E-state index contributed by atoms with van der Waals surface area (Å²) in [7, 11) is 0. The van der Waals surface area contributed by atoms with E-state index in [2.05, 4.69) is 17.1 Å². The molecule has 3 nitrogen and oxygen atoms in total. The number of amides is 1. The van der Waals surface area contributed by atoms with Crippen molar-refractivity contribution in [3.63, 3.8) is 0 Å². The quantitative estimate of drug-likeness (QED) is 0.792. The lowest BCUT2D eigenvalue weighted by molar-refractivity contribution is 0.100. The van der Waals surface area contributed by atoms with Crippen LogP contribution in [0.3, 0.4) is 0 Å². The van der Waals surface area contributed by atoms with E-state index in [1.807, 2.05) is 42.6 Å². The van der Waals surface area contributed by atoms with Crippen LogP contribution in [0.4, 0.5) is 0 Å². The third-order valence-corrected chi connectivity index (χ3v) is 4.29. The van der Waals surface area contributed by atoms with Gasteiger partial charge in [-0.3, -0.25) is 9.78 Å². The first kappa shape index (κ1) is 14.4. The SMILES string of the molecule is NC(=O)c1ccc(-c2ccncc2Sc2ccccc2)cc1. The molecule has 1 amide bonds. The Morgan fingerprint density at radius 2 is 1.68 bits per heavy atom. The molecule has 108 valence electrons. The highest BCUT2D eigenvalue weighted by Gasteiger charge is 2.08. The van der Waals surface area contributed by atoms with E-state index in [9.17, 15) is 4.79 Å². The molecule has 0 saturated carbocycles. The van der Waals surface area contributed by atoms with Crippen molar-refractivity contribution < 1.29 is 4.79 Å². The molecular weight excluding hydrogens is 292 g/mol. The molecule has 0 saturated heterocycles. The van der Waals surface area contributed by atoms with Gasteiger partial charge in [-0.15, -0.1) is 0 Å². The molecule has 2 N–H and O–H groups in total. The lowest BCUT2D eigenvalue weighted by atomic mass is 10.1. The minimum absolute atomic E-state index is 0.417. The monoisotopic (exact) mass is 306 g/mol. The predicted octanol–water partition coefficient (Wildman–Crippen LogP) is 4.00. The van der Waals surface area contributed by atoms with Crippen LogP contribution in [0, 0.1) is 0 Å². The van der Waals surface area contributed by atoms with Crippen molar-refractivity contribution in [1.82, 2.24) is 4.98 Å². The van der Waals surface area contributed by atoms with Crippen molar-refractivity contribution in [3.05, 3.63) is 78.6 Å². The lowest BCUT2D eigenvalue weighted by Crippen LogP contribution is -2.10. The summed E-state index contributed by atoms with van der Waals surface area (Å²) in [5.41, 5.74) is 7.91. The van der Waals surface area contributed by atoms with Crippen LogP contribution in [0.1, 0.15) is 10.4 Å². The van der Waals surface area contributed by atoms with Crippen LogP contribution in [-0.2, 0) is 0 Å². The van der Waals surface area contributed by atoms with Gasteiger partial charge in [-0.05, 0) is 41.5 Å². The molecule has 3 aromatic rings. The largest absolute Gasteiger partial charge is 0.366 e. The molecule has 1 heterocycles. The number of carbonyl (C=O) groups excluding carboxylic acids is 1. The van der Waals surface area contributed by atoms with Gasteiger partial charge in [-0.1, -0.05) is 42.1 Å². The van der Waals surface area contributed by atoms with Gasteiger partial charge in [0.1, 0.15) is 0 Å². The van der Waals surface area contributed by atoms with Gasteiger partial charge in [0.05, 0.1) is 0 Å². The van der Waals surface area contributed by atoms with Crippen molar-refractivity contribution in [2.45, 2.75) is 9.79 Å². The summed E-state index contributed by atoms with van der Waals surface area (Å²) in [6.45, 7) is 0. The third-order valence-electron chi connectivity index (χ3n) is 3.24. The predicted molar refractivity (Wildman–Crippen MR) is 88.8 cm³/mol. The molecule has 0 spiro atoms. The van der Waals surface area contributed by atoms with E-state index >= 15 is 0 Å². The zero-order valence-corrected chi connectivity index (χ0v) is 12.6. The first-order valence-electron chi connectivity index (χ1n) is 6.81. The molecular formula is C18H14N2OS. The number of nitrogens with zero attached hydrogens (tertiary/aromatic N) is 1. The van der Waals surface area contributed by atoms with Gasteiger partial charge < -0.3 is 5.73 Å². The first-order valence-corrected chi connectivity index (χ1v) is 7.63. The van der Waals surface area contributed by atoms with Gasteiger partial charge in [0.25, 0.3) is 0 Å². The van der Waals surface area contributed by atoms with E-state index in [4.69, 9.17) is 5.73 Å². The average Bonchev–Trinajstić information content (AvgIpc) is 2.56. The van der Waals surface area contributed by atoms with Crippen molar-refractivity contribution in [2.24, 2.45) is 5.73 Å². The van der Waals surface area contributed by atoms with E-state index in [0.29, 0.717) is 5.56 Å². The van der Waals surface area contributed by atoms with Crippen molar-refractivity contribution in [3.8, 4) is 11.1 Å². The summed E-state index contributed by atoms with van der Waals surface area (Å²) in [6, 6.07) is 19.4. The van der Waals surface area contributed by atoms with E-state index < -0.39 is 5.91 Å². The molecule has 0 atom stereocenters. The highest BCUT2D eigenvalue weighted by atomic mass is 32.2. The number of benzene rings is 2. The van der Waals surface area contributed by atoms with Crippen LogP contribution < -0.4 is 5.73 Å². The highest BCUT2D eigenvalue weighted by molar-refractivity contribution is 7.99. The summed E-state index contributed by atoms with van der Waals surface area (Å²) in [6.07, 6.45) is 3.63. The fraction of sp³-hybridized carbons (Fsp3) is 0. The van der Waals surface area contributed by atoms with Crippen LogP contribution in [0.15, 0.2) is 82.8 Å². The summed E-state index contributed by atoms with van der Waals surface area (Å²) in [5, 5.41) is 0. The van der Waals surface area contributed by atoms with Gasteiger partial charge in [0.15, 0.2) is 0 Å². The Morgan fingerprint density at radius 3 is 2.36 bits per heavy atom. The molecule has 22 heavy (non-hydrogen) atoms. The highest BCUT2D eigenvalue weighted by Crippen LogP contribution is 2.35. The maximum atomic E-state index is 11.2. The Hall–Kier alpha value is -2.59. The molecule has 2 aromatic carbocycles. The van der Waals surface area contributed by atoms with Gasteiger partial charge in [-0.25, -0.2) is 0 Å². The number of nitrogens with two attached hydrogens (primary N) is 1. The topological polar surface area (TPSA) is 56.0 Å². The number of primary amides is 1. The Morgan fingerprint density at radius 1 is 0.955 bits per heavy atom. The molecule has 3 rings (SSSR count). The molecule has 0 aliphatic carbocycles. The van der Waals surface area contributed by atoms with Crippen molar-refractivity contribution >= 4 is 17.7 Å². The average molecular weight is 306 g/mol. The van der Waals surface area contributed by atoms with Crippen LogP contribution in [0.5, 0.6) is 0 Å². The van der Waals surface area contributed by atoms with E-state index in [1.165, 1.54) is 0 Å². The maximum Gasteiger partial charge on any atom is 0.248 e. The fourth-order valence-electron chi connectivity index (χ4n) is 2.13. The molecule has 0 fully saturated rings. The molecule has 0 aliphatic rings. The molecule has 0 radical (unpaired) electrons. The van der Waals surface area contributed by atoms with Gasteiger partial charge >= 0.3 is 0 Å². The summed E-state index contributed by atoms with van der Waals surface area (Å²) in [5.74, 6) is -0.417. The molecule has 0 bridgehead atoms. The Balaban J connectivity index is 1.95.